The van der Waals surface area contributed by atoms with Gasteiger partial charge in [0.15, 0.2) is 0 Å². The smallest absolute Gasteiger partial charge is 0.0156 e. The summed E-state index contributed by atoms with van der Waals surface area (Å²) in [7, 11) is 0. The maximum Gasteiger partial charge on any atom is -0.0156 e. The average Bonchev–Trinajstić information content (AvgIpc) is 2.51. The van der Waals surface area contributed by atoms with Gasteiger partial charge in [0.2, 0.25) is 0 Å². The lowest BCUT2D eigenvalue weighted by molar-refractivity contribution is 0.510. The van der Waals surface area contributed by atoms with Crippen LogP contribution in [0.15, 0.2) is 18.2 Å². The number of rotatable bonds is 0. The van der Waals surface area contributed by atoms with E-state index in [-0.39, 0.29) is 0 Å². The third-order valence-corrected chi connectivity index (χ3v) is 3.79. The van der Waals surface area contributed by atoms with Crippen molar-refractivity contribution in [3.05, 3.63) is 34.9 Å². The summed E-state index contributed by atoms with van der Waals surface area (Å²) in [5.41, 5.74) is 4.75. The average molecular weight is 172 g/mol. The lowest BCUT2D eigenvalue weighted by Gasteiger charge is -2.23. The molecule has 0 saturated heterocycles. The van der Waals surface area contributed by atoms with Gasteiger partial charge in [-0.15, -0.1) is 0 Å². The number of benzene rings is 1. The highest BCUT2D eigenvalue weighted by atomic mass is 14.4. The molecular weight excluding hydrogens is 156 g/mol. The zero-order chi connectivity index (χ0) is 8.84. The molecule has 0 spiro atoms. The van der Waals surface area contributed by atoms with Crippen molar-refractivity contribution in [1.82, 2.24) is 0 Å². The minimum absolute atomic E-state index is 0.911. The van der Waals surface area contributed by atoms with Crippen LogP contribution in [0.3, 0.4) is 0 Å². The Morgan fingerprint density at radius 2 is 2.15 bits per heavy atom. The standard InChI is InChI=1S/C13H16/c1-9-2-4-11-7-10-3-5-12(8-10)13(11)6-9/h2,4,6,10,12H,3,5,7-8H2,1H3. The van der Waals surface area contributed by atoms with Gasteiger partial charge in [0.25, 0.3) is 0 Å². The molecule has 3 rings (SSSR count). The summed E-state index contributed by atoms with van der Waals surface area (Å²) >= 11 is 0. The normalized spacial score (nSPS) is 30.2. The molecule has 2 bridgehead atoms. The third kappa shape index (κ3) is 1.12. The van der Waals surface area contributed by atoms with E-state index in [0.717, 1.165) is 11.8 Å². The van der Waals surface area contributed by atoms with Gasteiger partial charge in [-0.05, 0) is 55.6 Å². The van der Waals surface area contributed by atoms with E-state index in [1.165, 1.54) is 31.2 Å². The van der Waals surface area contributed by atoms with E-state index in [1.54, 1.807) is 11.1 Å². The van der Waals surface area contributed by atoms with Crippen molar-refractivity contribution in [1.29, 1.82) is 0 Å². The lowest BCUT2D eigenvalue weighted by atomic mass is 9.82. The Bertz CT molecular complexity index is 338. The van der Waals surface area contributed by atoms with Crippen LogP contribution in [0.2, 0.25) is 0 Å². The van der Waals surface area contributed by atoms with Crippen molar-refractivity contribution >= 4 is 0 Å². The van der Waals surface area contributed by atoms with Gasteiger partial charge < -0.3 is 0 Å². The van der Waals surface area contributed by atoms with Crippen molar-refractivity contribution in [3.63, 3.8) is 0 Å². The van der Waals surface area contributed by atoms with Crippen LogP contribution in [0.25, 0.3) is 0 Å². The summed E-state index contributed by atoms with van der Waals surface area (Å²) in [4.78, 5) is 0. The fourth-order valence-electron chi connectivity index (χ4n) is 3.13. The molecule has 1 saturated carbocycles. The molecule has 0 amide bonds. The van der Waals surface area contributed by atoms with Crippen molar-refractivity contribution in [3.8, 4) is 0 Å². The molecule has 0 radical (unpaired) electrons. The molecule has 2 aliphatic rings. The quantitative estimate of drug-likeness (QED) is 0.562. The van der Waals surface area contributed by atoms with Crippen LogP contribution in [0, 0.1) is 12.8 Å². The van der Waals surface area contributed by atoms with Crippen LogP contribution in [-0.2, 0) is 6.42 Å². The Kier molecular flexibility index (Phi) is 1.52. The van der Waals surface area contributed by atoms with Crippen molar-refractivity contribution in [2.45, 2.75) is 38.5 Å². The predicted molar refractivity (Wildman–Crippen MR) is 55.0 cm³/mol. The van der Waals surface area contributed by atoms with Crippen LogP contribution in [0.5, 0.6) is 0 Å². The summed E-state index contributed by atoms with van der Waals surface area (Å²) in [6.07, 6.45) is 5.74. The van der Waals surface area contributed by atoms with E-state index < -0.39 is 0 Å². The topological polar surface area (TPSA) is 0 Å². The van der Waals surface area contributed by atoms with Crippen LogP contribution in [0.1, 0.15) is 41.9 Å². The summed E-state index contributed by atoms with van der Waals surface area (Å²) < 4.78 is 0. The van der Waals surface area contributed by atoms with Crippen molar-refractivity contribution in [2.75, 3.05) is 0 Å². The van der Waals surface area contributed by atoms with E-state index in [4.69, 9.17) is 0 Å². The molecule has 0 heteroatoms. The molecule has 0 heterocycles. The summed E-state index contributed by atoms with van der Waals surface area (Å²) in [6.45, 7) is 2.21. The molecule has 2 aliphatic carbocycles. The van der Waals surface area contributed by atoms with Gasteiger partial charge in [-0.2, -0.15) is 0 Å². The van der Waals surface area contributed by atoms with E-state index in [1.807, 2.05) is 0 Å². The molecule has 1 aromatic carbocycles. The maximum absolute atomic E-state index is 2.42. The van der Waals surface area contributed by atoms with E-state index in [9.17, 15) is 0 Å². The Morgan fingerprint density at radius 1 is 1.23 bits per heavy atom. The summed E-state index contributed by atoms with van der Waals surface area (Å²) in [5.74, 6) is 1.92. The SMILES string of the molecule is Cc1ccc2c(c1)C1CCC(C2)C1. The molecule has 1 aromatic rings. The zero-order valence-electron chi connectivity index (χ0n) is 8.22. The molecule has 68 valence electrons. The molecule has 13 heavy (non-hydrogen) atoms. The van der Waals surface area contributed by atoms with Crippen molar-refractivity contribution in [2.24, 2.45) is 5.92 Å². The van der Waals surface area contributed by atoms with E-state index in [2.05, 4.69) is 25.1 Å². The van der Waals surface area contributed by atoms with E-state index >= 15 is 0 Å². The number of hydrogen-bond donors (Lipinski definition) is 0. The second kappa shape index (κ2) is 2.60. The van der Waals surface area contributed by atoms with Gasteiger partial charge in [0.1, 0.15) is 0 Å². The minimum atomic E-state index is 0.911. The fraction of sp³-hybridized carbons (Fsp3) is 0.538. The molecule has 1 fully saturated rings. The molecule has 0 aliphatic heterocycles. The first-order chi connectivity index (χ1) is 6.33. The predicted octanol–water partition coefficient (Wildman–Crippen LogP) is 3.43. The molecule has 2 atom stereocenters. The van der Waals surface area contributed by atoms with Gasteiger partial charge in [0, 0.05) is 0 Å². The summed E-state index contributed by atoms with van der Waals surface area (Å²) in [5, 5.41) is 0. The number of aryl methyl sites for hydroxylation is 1. The summed E-state index contributed by atoms with van der Waals surface area (Å²) in [6, 6.07) is 7.04. The minimum Gasteiger partial charge on any atom is -0.0590 e. The lowest BCUT2D eigenvalue weighted by Crippen LogP contribution is -2.10. The van der Waals surface area contributed by atoms with Gasteiger partial charge in [-0.1, -0.05) is 23.8 Å². The number of fused-ring (bicyclic) bond motifs is 4. The second-order valence-electron chi connectivity index (χ2n) is 4.78. The molecule has 0 N–H and O–H groups in total. The van der Waals surface area contributed by atoms with E-state index in [0.29, 0.717) is 0 Å². The van der Waals surface area contributed by atoms with Crippen LogP contribution in [-0.4, -0.2) is 0 Å². The maximum atomic E-state index is 2.42. The fourth-order valence-corrected chi connectivity index (χ4v) is 3.13. The highest BCUT2D eigenvalue weighted by molar-refractivity contribution is 5.37. The van der Waals surface area contributed by atoms with Crippen molar-refractivity contribution < 1.29 is 0 Å². The molecular formula is C13H16. The van der Waals surface area contributed by atoms with Gasteiger partial charge in [-0.25, -0.2) is 0 Å². The largest absolute Gasteiger partial charge is 0.0590 e. The monoisotopic (exact) mass is 172 g/mol. The molecule has 0 nitrogen and oxygen atoms in total. The highest BCUT2D eigenvalue weighted by Crippen LogP contribution is 2.46. The van der Waals surface area contributed by atoms with Gasteiger partial charge in [-0.3, -0.25) is 0 Å². The zero-order valence-corrected chi connectivity index (χ0v) is 8.22. The second-order valence-corrected chi connectivity index (χ2v) is 4.78. The highest BCUT2D eigenvalue weighted by Gasteiger charge is 2.32. The van der Waals surface area contributed by atoms with Gasteiger partial charge >= 0.3 is 0 Å². The van der Waals surface area contributed by atoms with Crippen LogP contribution in [0.4, 0.5) is 0 Å². The third-order valence-electron chi connectivity index (χ3n) is 3.79. The Morgan fingerprint density at radius 3 is 3.08 bits per heavy atom. The Hall–Kier alpha value is -0.780. The molecule has 2 unspecified atom stereocenters. The Labute approximate surface area is 80.0 Å². The van der Waals surface area contributed by atoms with Crippen LogP contribution >= 0.6 is 0 Å². The Balaban J connectivity index is 2.12. The first-order valence-corrected chi connectivity index (χ1v) is 5.42. The first kappa shape index (κ1) is 7.61. The first-order valence-electron chi connectivity index (χ1n) is 5.42. The molecule has 0 aromatic heterocycles. The van der Waals surface area contributed by atoms with Gasteiger partial charge in [0.05, 0.1) is 0 Å². The number of hydrogen-bond acceptors (Lipinski definition) is 0. The van der Waals surface area contributed by atoms with Crippen LogP contribution < -0.4 is 0 Å².